The van der Waals surface area contributed by atoms with E-state index in [0.29, 0.717) is 6.54 Å². The molecule has 76 valence electrons. The Balaban J connectivity index is 2.46. The summed E-state index contributed by atoms with van der Waals surface area (Å²) in [6.07, 6.45) is 3.12. The van der Waals surface area contributed by atoms with Crippen LogP contribution < -0.4 is 11.1 Å². The van der Waals surface area contributed by atoms with Gasteiger partial charge in [-0.05, 0) is 6.92 Å². The minimum atomic E-state index is -0.888. The fraction of sp³-hybridized carbons (Fsp3) is 0.375. The van der Waals surface area contributed by atoms with Crippen LogP contribution in [-0.4, -0.2) is 27.1 Å². The van der Waals surface area contributed by atoms with Crippen LogP contribution in [0.25, 0.3) is 0 Å². The van der Waals surface area contributed by atoms with Gasteiger partial charge >= 0.3 is 5.97 Å². The van der Waals surface area contributed by atoms with Gasteiger partial charge in [-0.15, -0.1) is 0 Å². The predicted molar refractivity (Wildman–Crippen MR) is 50.4 cm³/mol. The van der Waals surface area contributed by atoms with E-state index >= 15 is 0 Å². The molecule has 1 atom stereocenters. The normalized spacial score (nSPS) is 12.4. The summed E-state index contributed by atoms with van der Waals surface area (Å²) in [6, 6.07) is -0.590. The lowest BCUT2D eigenvalue weighted by atomic mass is 10.3. The van der Waals surface area contributed by atoms with Crippen LogP contribution in [0.4, 0.5) is 5.95 Å². The number of nitrogens with one attached hydrogen (secondary N) is 1. The molecule has 0 radical (unpaired) electrons. The zero-order chi connectivity index (χ0) is 10.6. The summed E-state index contributed by atoms with van der Waals surface area (Å²) in [5.74, 6) is -0.679. The van der Waals surface area contributed by atoms with Crippen molar-refractivity contribution < 1.29 is 9.90 Å². The zero-order valence-electron chi connectivity index (χ0n) is 7.77. The van der Waals surface area contributed by atoms with Gasteiger partial charge in [-0.2, -0.15) is 0 Å². The molecule has 1 rings (SSSR count). The highest BCUT2D eigenvalue weighted by molar-refractivity contribution is 5.72. The van der Waals surface area contributed by atoms with Gasteiger partial charge in [0.25, 0.3) is 0 Å². The van der Waals surface area contributed by atoms with Gasteiger partial charge in [-0.1, -0.05) is 0 Å². The van der Waals surface area contributed by atoms with Crippen molar-refractivity contribution in [3.05, 3.63) is 18.0 Å². The number of aromatic nitrogens is 2. The first kappa shape index (κ1) is 10.4. The third-order valence-corrected chi connectivity index (χ3v) is 1.71. The molecule has 0 aliphatic heterocycles. The molecule has 4 N–H and O–H groups in total. The Bertz CT molecular complexity index is 312. The Morgan fingerprint density at radius 3 is 2.71 bits per heavy atom. The molecule has 0 amide bonds. The maximum Gasteiger partial charge on any atom is 0.320 e. The first-order chi connectivity index (χ1) is 6.59. The first-order valence-electron chi connectivity index (χ1n) is 4.12. The lowest BCUT2D eigenvalue weighted by molar-refractivity contribution is -0.139. The molecule has 6 nitrogen and oxygen atoms in total. The van der Waals surface area contributed by atoms with Crippen LogP contribution in [-0.2, 0) is 11.3 Å². The molecule has 1 aromatic heterocycles. The second-order valence-electron chi connectivity index (χ2n) is 2.89. The largest absolute Gasteiger partial charge is 0.480 e. The maximum absolute atomic E-state index is 10.5. The monoisotopic (exact) mass is 196 g/mol. The molecule has 0 aliphatic rings. The average molecular weight is 196 g/mol. The Hall–Kier alpha value is -1.69. The quantitative estimate of drug-likeness (QED) is 0.607. The molecule has 14 heavy (non-hydrogen) atoms. The summed E-state index contributed by atoms with van der Waals surface area (Å²) in [4.78, 5) is 18.0. The fourth-order valence-electron chi connectivity index (χ4n) is 0.814. The molecule has 0 bridgehead atoms. The van der Waals surface area contributed by atoms with Gasteiger partial charge in [0.15, 0.2) is 0 Å². The number of anilines is 1. The Morgan fingerprint density at radius 1 is 1.64 bits per heavy atom. The van der Waals surface area contributed by atoms with Gasteiger partial charge in [0.1, 0.15) is 6.04 Å². The molecule has 6 heteroatoms. The highest BCUT2D eigenvalue weighted by atomic mass is 16.4. The summed E-state index contributed by atoms with van der Waals surface area (Å²) in [6.45, 7) is 1.98. The van der Waals surface area contributed by atoms with E-state index in [9.17, 15) is 4.79 Å². The number of rotatable bonds is 4. The Kier molecular flexibility index (Phi) is 3.35. The molecule has 0 saturated heterocycles. The number of aliphatic carboxylic acids is 1. The van der Waals surface area contributed by atoms with Crippen molar-refractivity contribution in [3.63, 3.8) is 0 Å². The van der Waals surface area contributed by atoms with Crippen LogP contribution >= 0.6 is 0 Å². The summed E-state index contributed by atoms with van der Waals surface area (Å²) in [5.41, 5.74) is 6.09. The van der Waals surface area contributed by atoms with Crippen molar-refractivity contribution in [1.29, 1.82) is 0 Å². The molecule has 0 spiro atoms. The number of nitrogens with zero attached hydrogens (tertiary/aromatic N) is 2. The van der Waals surface area contributed by atoms with Crippen LogP contribution in [0.15, 0.2) is 12.4 Å². The number of nitrogen functional groups attached to an aromatic ring is 1. The fourth-order valence-corrected chi connectivity index (χ4v) is 0.814. The molecule has 0 fully saturated rings. The van der Waals surface area contributed by atoms with Gasteiger partial charge in [0, 0.05) is 24.5 Å². The van der Waals surface area contributed by atoms with E-state index < -0.39 is 12.0 Å². The van der Waals surface area contributed by atoms with E-state index in [1.807, 2.05) is 0 Å². The zero-order valence-corrected chi connectivity index (χ0v) is 7.77. The van der Waals surface area contributed by atoms with Crippen LogP contribution in [0.2, 0.25) is 0 Å². The molecule has 0 unspecified atom stereocenters. The molecule has 1 aromatic rings. The van der Waals surface area contributed by atoms with Crippen molar-refractivity contribution in [2.75, 3.05) is 5.73 Å². The van der Waals surface area contributed by atoms with Crippen molar-refractivity contribution in [2.24, 2.45) is 0 Å². The van der Waals surface area contributed by atoms with Crippen molar-refractivity contribution >= 4 is 11.9 Å². The summed E-state index contributed by atoms with van der Waals surface area (Å²) >= 11 is 0. The van der Waals surface area contributed by atoms with Gasteiger partial charge in [-0.3, -0.25) is 4.79 Å². The van der Waals surface area contributed by atoms with Gasteiger partial charge < -0.3 is 16.2 Å². The lowest BCUT2D eigenvalue weighted by Gasteiger charge is -2.08. The summed E-state index contributed by atoms with van der Waals surface area (Å²) < 4.78 is 0. The smallest absolute Gasteiger partial charge is 0.320 e. The molecular weight excluding hydrogens is 184 g/mol. The first-order valence-corrected chi connectivity index (χ1v) is 4.12. The van der Waals surface area contributed by atoms with E-state index in [0.717, 1.165) is 5.56 Å². The van der Waals surface area contributed by atoms with E-state index in [2.05, 4.69) is 15.3 Å². The molecule has 0 saturated carbocycles. The van der Waals surface area contributed by atoms with Gasteiger partial charge in [0.05, 0.1) is 0 Å². The third-order valence-electron chi connectivity index (χ3n) is 1.71. The topological polar surface area (TPSA) is 101 Å². The minimum absolute atomic E-state index is 0.208. The number of nitrogens with two attached hydrogens (primary N) is 1. The molecule has 1 heterocycles. The van der Waals surface area contributed by atoms with Crippen LogP contribution in [0, 0.1) is 0 Å². The minimum Gasteiger partial charge on any atom is -0.480 e. The summed E-state index contributed by atoms with van der Waals surface area (Å²) in [5, 5.41) is 11.4. The van der Waals surface area contributed by atoms with Crippen molar-refractivity contribution in [3.8, 4) is 0 Å². The molecular formula is C8H12N4O2. The van der Waals surface area contributed by atoms with Crippen LogP contribution in [0.1, 0.15) is 12.5 Å². The SMILES string of the molecule is C[C@H](NCc1cnc(N)nc1)C(=O)O. The summed E-state index contributed by atoms with van der Waals surface area (Å²) in [7, 11) is 0. The van der Waals surface area contributed by atoms with E-state index in [1.165, 1.54) is 0 Å². The van der Waals surface area contributed by atoms with Crippen molar-refractivity contribution in [1.82, 2.24) is 15.3 Å². The Morgan fingerprint density at radius 2 is 2.21 bits per heavy atom. The lowest BCUT2D eigenvalue weighted by Crippen LogP contribution is -2.33. The Labute approximate surface area is 81.2 Å². The van der Waals surface area contributed by atoms with E-state index in [-0.39, 0.29) is 5.95 Å². The maximum atomic E-state index is 10.5. The van der Waals surface area contributed by atoms with Gasteiger partial charge in [0.2, 0.25) is 5.95 Å². The third kappa shape index (κ3) is 2.98. The van der Waals surface area contributed by atoms with E-state index in [4.69, 9.17) is 10.8 Å². The number of hydrogen-bond donors (Lipinski definition) is 3. The standard InChI is InChI=1S/C8H12N4O2/c1-5(7(13)14)10-2-6-3-11-8(9)12-4-6/h3-5,10H,2H2,1H3,(H,13,14)(H2,9,11,12)/t5-/m0/s1. The second-order valence-corrected chi connectivity index (χ2v) is 2.89. The van der Waals surface area contributed by atoms with Gasteiger partial charge in [-0.25, -0.2) is 9.97 Å². The van der Waals surface area contributed by atoms with Crippen molar-refractivity contribution in [2.45, 2.75) is 19.5 Å². The number of carboxylic acid groups (broad SMARTS) is 1. The average Bonchev–Trinajstić information content (AvgIpc) is 2.16. The molecule has 0 aromatic carbocycles. The highest BCUT2D eigenvalue weighted by Gasteiger charge is 2.09. The highest BCUT2D eigenvalue weighted by Crippen LogP contribution is 1.96. The van der Waals surface area contributed by atoms with Crippen LogP contribution in [0.3, 0.4) is 0 Å². The number of carboxylic acids is 1. The number of hydrogen-bond acceptors (Lipinski definition) is 5. The van der Waals surface area contributed by atoms with E-state index in [1.54, 1.807) is 19.3 Å². The number of carbonyl (C=O) groups is 1. The second kappa shape index (κ2) is 4.52. The van der Waals surface area contributed by atoms with Crippen LogP contribution in [0.5, 0.6) is 0 Å². The predicted octanol–water partition coefficient (Wildman–Crippen LogP) is -0.378. The molecule has 0 aliphatic carbocycles.